The number of rotatable bonds is 2. The number of hydrogen-bond donors (Lipinski definition) is 2. The number of aromatic nitrogens is 4. The molecule has 3 unspecified atom stereocenters. The van der Waals surface area contributed by atoms with Crippen molar-refractivity contribution in [1.82, 2.24) is 19.7 Å². The van der Waals surface area contributed by atoms with Crippen LogP contribution in [0, 0.1) is 0 Å². The Morgan fingerprint density at radius 2 is 2.00 bits per heavy atom. The van der Waals surface area contributed by atoms with Crippen LogP contribution in [0.1, 0.15) is 12.6 Å². The summed E-state index contributed by atoms with van der Waals surface area (Å²) in [7, 11) is 0. The zero-order valence-corrected chi connectivity index (χ0v) is 12.4. The Balaban J connectivity index is 1.83. The number of nitrogens with zero attached hydrogens (tertiary/aromatic N) is 5. The minimum absolute atomic E-state index is 0.481. The second-order valence-corrected chi connectivity index (χ2v) is 5.67. The topological polar surface area (TPSA) is 87.3 Å². The predicted molar refractivity (Wildman–Crippen MR) is 84.8 cm³/mol. The van der Waals surface area contributed by atoms with Gasteiger partial charge < -0.3 is 15.1 Å². The van der Waals surface area contributed by atoms with Gasteiger partial charge >= 0.3 is 0 Å². The summed E-state index contributed by atoms with van der Waals surface area (Å²) in [4.78, 5) is 10.4. The molecular formula is C16H17N5O2. The summed E-state index contributed by atoms with van der Waals surface area (Å²) < 4.78 is 1.73. The Morgan fingerprint density at radius 3 is 2.83 bits per heavy atom. The quantitative estimate of drug-likeness (QED) is 0.733. The molecule has 0 saturated carbocycles. The average molecular weight is 311 g/mol. The van der Waals surface area contributed by atoms with E-state index in [4.69, 9.17) is 0 Å². The third kappa shape index (κ3) is 2.34. The maximum Gasteiger partial charge on any atom is 0.153 e. The molecule has 23 heavy (non-hydrogen) atoms. The first kappa shape index (κ1) is 14.1. The average Bonchev–Trinajstić information content (AvgIpc) is 3.02. The van der Waals surface area contributed by atoms with E-state index in [0.717, 1.165) is 16.7 Å². The maximum absolute atomic E-state index is 10.6. The van der Waals surface area contributed by atoms with Crippen LogP contribution in [0.5, 0.6) is 0 Å². The lowest BCUT2D eigenvalue weighted by atomic mass is 10.0. The van der Waals surface area contributed by atoms with Crippen LogP contribution in [-0.2, 0) is 0 Å². The fraction of sp³-hybridized carbons (Fsp3) is 0.312. The maximum atomic E-state index is 10.6. The van der Waals surface area contributed by atoms with Crippen LogP contribution in [0.3, 0.4) is 0 Å². The van der Waals surface area contributed by atoms with E-state index in [1.165, 1.54) is 0 Å². The SMILES string of the molecule is OC1CCN(c2ccccn2)C(n2ncc3cnccc32)C1O. The lowest BCUT2D eigenvalue weighted by molar-refractivity contribution is -0.0353. The third-order valence-corrected chi connectivity index (χ3v) is 4.27. The summed E-state index contributed by atoms with van der Waals surface area (Å²) >= 11 is 0. The van der Waals surface area contributed by atoms with Crippen molar-refractivity contribution < 1.29 is 10.2 Å². The molecule has 3 atom stereocenters. The van der Waals surface area contributed by atoms with E-state index in [0.29, 0.717) is 13.0 Å². The van der Waals surface area contributed by atoms with Crippen molar-refractivity contribution in [2.75, 3.05) is 11.4 Å². The summed E-state index contributed by atoms with van der Waals surface area (Å²) in [5.41, 5.74) is 0.860. The molecule has 3 aromatic heterocycles. The number of fused-ring (bicyclic) bond motifs is 1. The summed E-state index contributed by atoms with van der Waals surface area (Å²) in [6.07, 6.45) is 5.07. The van der Waals surface area contributed by atoms with Gasteiger partial charge in [0.05, 0.1) is 17.8 Å². The predicted octanol–water partition coefficient (Wildman–Crippen LogP) is 0.957. The largest absolute Gasteiger partial charge is 0.390 e. The first-order chi connectivity index (χ1) is 11.3. The summed E-state index contributed by atoms with van der Waals surface area (Å²) in [6.45, 7) is 0.590. The Bertz CT molecular complexity index is 806. The molecule has 0 bridgehead atoms. The van der Waals surface area contributed by atoms with E-state index in [2.05, 4.69) is 15.1 Å². The van der Waals surface area contributed by atoms with Gasteiger partial charge in [0.25, 0.3) is 0 Å². The van der Waals surface area contributed by atoms with Gasteiger partial charge in [0, 0.05) is 30.5 Å². The summed E-state index contributed by atoms with van der Waals surface area (Å²) in [5, 5.41) is 26.0. The van der Waals surface area contributed by atoms with E-state index >= 15 is 0 Å². The Kier molecular flexibility index (Phi) is 3.44. The number of anilines is 1. The molecule has 1 aliphatic rings. The van der Waals surface area contributed by atoms with Crippen molar-refractivity contribution in [2.45, 2.75) is 24.8 Å². The highest BCUT2D eigenvalue weighted by Gasteiger charge is 2.39. The highest BCUT2D eigenvalue weighted by Crippen LogP contribution is 2.32. The van der Waals surface area contributed by atoms with Crippen LogP contribution in [0.25, 0.3) is 10.9 Å². The molecule has 1 aliphatic heterocycles. The van der Waals surface area contributed by atoms with Crippen LogP contribution < -0.4 is 4.90 Å². The standard InChI is InChI=1S/C16H17N5O2/c22-13-5-8-20(14-3-1-2-6-18-14)16(15(13)23)21-12-4-7-17-9-11(12)10-19-21/h1-4,6-7,9-10,13,15-16,22-23H,5,8H2. The van der Waals surface area contributed by atoms with Crippen LogP contribution in [-0.4, -0.2) is 48.7 Å². The molecule has 118 valence electrons. The van der Waals surface area contributed by atoms with Crippen molar-refractivity contribution in [2.24, 2.45) is 0 Å². The van der Waals surface area contributed by atoms with E-state index in [1.807, 2.05) is 29.2 Å². The van der Waals surface area contributed by atoms with Gasteiger partial charge in [-0.2, -0.15) is 5.10 Å². The Labute approximate surface area is 132 Å². The van der Waals surface area contributed by atoms with Gasteiger partial charge in [-0.25, -0.2) is 9.67 Å². The van der Waals surface area contributed by atoms with Gasteiger partial charge in [-0.1, -0.05) is 6.07 Å². The molecule has 7 nitrogen and oxygen atoms in total. The zero-order chi connectivity index (χ0) is 15.8. The smallest absolute Gasteiger partial charge is 0.153 e. The van der Waals surface area contributed by atoms with Gasteiger partial charge in [0.2, 0.25) is 0 Å². The number of aliphatic hydroxyl groups excluding tert-OH is 2. The van der Waals surface area contributed by atoms with Crippen LogP contribution in [0.2, 0.25) is 0 Å². The monoisotopic (exact) mass is 311 g/mol. The fourth-order valence-corrected chi connectivity index (χ4v) is 3.11. The van der Waals surface area contributed by atoms with Crippen molar-refractivity contribution in [3.63, 3.8) is 0 Å². The van der Waals surface area contributed by atoms with Gasteiger partial charge in [-0.3, -0.25) is 4.98 Å². The van der Waals surface area contributed by atoms with Crippen molar-refractivity contribution in [3.8, 4) is 0 Å². The number of pyridine rings is 2. The van der Waals surface area contributed by atoms with Gasteiger partial charge in [0.15, 0.2) is 6.17 Å². The summed E-state index contributed by atoms with van der Waals surface area (Å²) in [5.74, 6) is 0.751. The molecule has 1 fully saturated rings. The number of hydrogen-bond acceptors (Lipinski definition) is 6. The Hall–Kier alpha value is -2.51. The van der Waals surface area contributed by atoms with Gasteiger partial charge in [-0.15, -0.1) is 0 Å². The number of piperidine rings is 1. The molecule has 7 heteroatoms. The second kappa shape index (κ2) is 5.60. The molecule has 2 N–H and O–H groups in total. The molecule has 4 rings (SSSR count). The highest BCUT2D eigenvalue weighted by atomic mass is 16.3. The van der Waals surface area contributed by atoms with E-state index in [-0.39, 0.29) is 0 Å². The van der Waals surface area contributed by atoms with Crippen molar-refractivity contribution >= 4 is 16.7 Å². The fourth-order valence-electron chi connectivity index (χ4n) is 3.11. The molecule has 0 spiro atoms. The van der Waals surface area contributed by atoms with E-state index < -0.39 is 18.4 Å². The van der Waals surface area contributed by atoms with E-state index in [9.17, 15) is 10.2 Å². The molecule has 3 aromatic rings. The minimum Gasteiger partial charge on any atom is -0.390 e. The minimum atomic E-state index is -0.956. The lowest BCUT2D eigenvalue weighted by Gasteiger charge is -2.42. The molecule has 0 aliphatic carbocycles. The Morgan fingerprint density at radius 1 is 1.09 bits per heavy atom. The van der Waals surface area contributed by atoms with Crippen molar-refractivity contribution in [1.29, 1.82) is 0 Å². The molecule has 0 amide bonds. The zero-order valence-electron chi connectivity index (χ0n) is 12.4. The van der Waals surface area contributed by atoms with Gasteiger partial charge in [0.1, 0.15) is 11.9 Å². The molecule has 0 radical (unpaired) electrons. The summed E-state index contributed by atoms with van der Waals surface area (Å²) in [6, 6.07) is 7.50. The first-order valence-electron chi connectivity index (χ1n) is 7.57. The van der Waals surface area contributed by atoms with E-state index in [1.54, 1.807) is 29.5 Å². The first-order valence-corrected chi connectivity index (χ1v) is 7.57. The molecule has 1 saturated heterocycles. The van der Waals surface area contributed by atoms with Gasteiger partial charge in [-0.05, 0) is 24.6 Å². The molecule has 0 aromatic carbocycles. The molecular weight excluding hydrogens is 294 g/mol. The van der Waals surface area contributed by atoms with Crippen molar-refractivity contribution in [3.05, 3.63) is 49.1 Å². The highest BCUT2D eigenvalue weighted by molar-refractivity contribution is 5.77. The van der Waals surface area contributed by atoms with Crippen LogP contribution >= 0.6 is 0 Å². The number of aliphatic hydroxyl groups is 2. The van der Waals surface area contributed by atoms with Crippen LogP contribution in [0.15, 0.2) is 49.1 Å². The lowest BCUT2D eigenvalue weighted by Crippen LogP contribution is -2.52. The third-order valence-electron chi connectivity index (χ3n) is 4.27. The normalized spacial score (nSPS) is 25.0. The van der Waals surface area contributed by atoms with Crippen LogP contribution in [0.4, 0.5) is 5.82 Å². The second-order valence-electron chi connectivity index (χ2n) is 5.67. The molecule has 4 heterocycles.